The number of carbonyl (C=O) groups is 3. The van der Waals surface area contributed by atoms with Crippen LogP contribution in [-0.2, 0) is 20.8 Å². The number of carbonyl (C=O) groups excluding carboxylic acids is 3. The van der Waals surface area contributed by atoms with Crippen LogP contribution in [0.25, 0.3) is 0 Å². The lowest BCUT2D eigenvalue weighted by atomic mass is 9.91. The zero-order valence-corrected chi connectivity index (χ0v) is 17.9. The lowest BCUT2D eigenvalue weighted by molar-refractivity contribution is -0.132. The molecule has 0 bridgehead atoms. The molecule has 3 atom stereocenters. The summed E-state index contributed by atoms with van der Waals surface area (Å²) in [6.45, 7) is 5.20. The van der Waals surface area contributed by atoms with E-state index in [-0.39, 0.29) is 43.1 Å². The maximum atomic E-state index is 12.9. The van der Waals surface area contributed by atoms with E-state index >= 15 is 0 Å². The Morgan fingerprint density at radius 3 is 2.27 bits per heavy atom. The highest BCUT2D eigenvalue weighted by Gasteiger charge is 2.25. The quantitative estimate of drug-likeness (QED) is 0.241. The van der Waals surface area contributed by atoms with E-state index in [1.54, 1.807) is 6.92 Å². The second kappa shape index (κ2) is 14.5. The van der Waals surface area contributed by atoms with E-state index in [1.165, 1.54) is 12.5 Å². The van der Waals surface area contributed by atoms with Crippen molar-refractivity contribution in [3.05, 3.63) is 35.9 Å². The van der Waals surface area contributed by atoms with Crippen LogP contribution in [0.4, 0.5) is 0 Å². The summed E-state index contributed by atoms with van der Waals surface area (Å²) in [6.07, 6.45) is 3.76. The molecule has 0 unspecified atom stereocenters. The van der Waals surface area contributed by atoms with Crippen LogP contribution >= 0.6 is 0 Å². The van der Waals surface area contributed by atoms with E-state index in [9.17, 15) is 14.4 Å². The second-order valence-electron chi connectivity index (χ2n) is 8.10. The lowest BCUT2D eigenvalue weighted by Gasteiger charge is -2.21. The number of benzene rings is 1. The van der Waals surface area contributed by atoms with Gasteiger partial charge in [0.1, 0.15) is 5.78 Å². The molecule has 6 nitrogen and oxygen atoms in total. The predicted octanol–water partition coefficient (Wildman–Crippen LogP) is 4.06. The summed E-state index contributed by atoms with van der Waals surface area (Å²) in [6, 6.07) is 9.46. The molecule has 0 spiro atoms. The summed E-state index contributed by atoms with van der Waals surface area (Å²) in [7, 11) is 0. The van der Waals surface area contributed by atoms with Crippen LogP contribution in [0.2, 0.25) is 0 Å². The smallest absolute Gasteiger partial charge is 0.223 e. The van der Waals surface area contributed by atoms with Gasteiger partial charge < -0.3 is 15.8 Å². The minimum atomic E-state index is -0.568. The Hall–Kier alpha value is -2.50. The molecule has 1 aromatic carbocycles. The highest BCUT2D eigenvalue weighted by Crippen LogP contribution is 2.16. The van der Waals surface area contributed by atoms with Crippen molar-refractivity contribution in [1.29, 1.82) is 5.41 Å². The van der Waals surface area contributed by atoms with Crippen molar-refractivity contribution in [2.75, 3.05) is 0 Å². The summed E-state index contributed by atoms with van der Waals surface area (Å²) < 4.78 is 0. The molecule has 0 aliphatic carbocycles. The third-order valence-electron chi connectivity index (χ3n) is 4.91. The molecule has 0 saturated heterocycles. The normalized spacial score (nSPS) is 13.4. The van der Waals surface area contributed by atoms with Crippen molar-refractivity contribution in [2.24, 2.45) is 17.6 Å². The molecule has 0 saturated carbocycles. The van der Waals surface area contributed by atoms with Gasteiger partial charge in [-0.15, -0.1) is 0 Å². The molecule has 0 heterocycles. The zero-order valence-electron chi connectivity index (χ0n) is 17.9. The summed E-state index contributed by atoms with van der Waals surface area (Å²) >= 11 is 0. The van der Waals surface area contributed by atoms with Gasteiger partial charge in [-0.25, -0.2) is 0 Å². The molecule has 6 heteroatoms. The van der Waals surface area contributed by atoms with E-state index in [0.29, 0.717) is 32.1 Å². The van der Waals surface area contributed by atoms with Gasteiger partial charge in [0.2, 0.25) is 5.91 Å². The molecule has 1 amide bonds. The van der Waals surface area contributed by atoms with Crippen LogP contribution in [0.1, 0.15) is 72.3 Å². The van der Waals surface area contributed by atoms with Crippen molar-refractivity contribution >= 4 is 23.3 Å². The van der Waals surface area contributed by atoms with E-state index in [4.69, 9.17) is 11.1 Å². The third-order valence-corrected chi connectivity index (χ3v) is 4.91. The Labute approximate surface area is 181 Å². The summed E-state index contributed by atoms with van der Waals surface area (Å²) in [5.41, 5.74) is 6.57. The van der Waals surface area contributed by atoms with Gasteiger partial charge >= 0.3 is 0 Å². The molecular weight excluding hydrogens is 378 g/mol. The van der Waals surface area contributed by atoms with E-state index in [1.807, 2.05) is 37.3 Å². The number of amidine groups is 1. The molecule has 30 heavy (non-hydrogen) atoms. The van der Waals surface area contributed by atoms with Crippen molar-refractivity contribution < 1.29 is 14.4 Å². The largest absolute Gasteiger partial charge is 0.388 e. The van der Waals surface area contributed by atoms with Crippen molar-refractivity contribution in [2.45, 2.75) is 79.2 Å². The molecule has 0 radical (unpaired) electrons. The second-order valence-corrected chi connectivity index (χ2v) is 8.10. The van der Waals surface area contributed by atoms with Gasteiger partial charge in [-0.3, -0.25) is 15.0 Å². The molecule has 0 aliphatic heterocycles. The maximum absolute atomic E-state index is 12.9. The predicted molar refractivity (Wildman–Crippen MR) is 122 cm³/mol. The highest BCUT2D eigenvalue weighted by molar-refractivity contribution is 5.91. The molecule has 168 valence electrons. The third kappa shape index (κ3) is 11.5. The van der Waals surface area contributed by atoms with Gasteiger partial charge in [-0.2, -0.15) is 0 Å². The monoisotopic (exact) mass is 417 g/mol. The van der Waals surface area contributed by atoms with Crippen LogP contribution in [-0.4, -0.2) is 29.4 Å². The van der Waals surface area contributed by atoms with Crippen LogP contribution in [0, 0.1) is 17.2 Å². The summed E-state index contributed by atoms with van der Waals surface area (Å²) in [5, 5.41) is 10.2. The Kier molecular flexibility index (Phi) is 13.3. The number of unbranched alkanes of at least 4 members (excludes halogenated alkanes) is 1. The first-order valence-corrected chi connectivity index (χ1v) is 10.4. The Balaban J connectivity index is 0.00000841. The van der Waals surface area contributed by atoms with Gasteiger partial charge in [0.15, 0.2) is 5.78 Å². The van der Waals surface area contributed by atoms with E-state index in [0.717, 1.165) is 6.42 Å². The fourth-order valence-corrected chi connectivity index (χ4v) is 3.39. The highest BCUT2D eigenvalue weighted by atomic mass is 16.2. The van der Waals surface area contributed by atoms with E-state index < -0.39 is 12.0 Å². The topological polar surface area (TPSA) is 113 Å². The number of amides is 1. The van der Waals surface area contributed by atoms with Gasteiger partial charge in [-0.1, -0.05) is 58.0 Å². The number of nitrogens with two attached hydrogens (primary N) is 1. The van der Waals surface area contributed by atoms with Crippen LogP contribution < -0.4 is 11.1 Å². The molecule has 0 aliphatic rings. The average molecular weight is 418 g/mol. The SMILES string of the molecule is C.CC(=O)C[C@@H](C)C(=O)N[C@@H](CCCCC(=N)N)C(=O)C[C@@H](C)Cc1ccccc1. The molecule has 0 fully saturated rings. The zero-order chi connectivity index (χ0) is 21.8. The average Bonchev–Trinajstić information content (AvgIpc) is 2.63. The number of nitrogens with one attached hydrogen (secondary N) is 2. The molecule has 4 N–H and O–H groups in total. The van der Waals surface area contributed by atoms with Crippen LogP contribution in [0.3, 0.4) is 0 Å². The van der Waals surface area contributed by atoms with Crippen molar-refractivity contribution in [3.8, 4) is 0 Å². The van der Waals surface area contributed by atoms with Crippen LogP contribution in [0.15, 0.2) is 30.3 Å². The molecule has 1 aromatic rings. The Morgan fingerprint density at radius 2 is 1.70 bits per heavy atom. The maximum Gasteiger partial charge on any atom is 0.223 e. The number of hydrogen-bond donors (Lipinski definition) is 3. The van der Waals surface area contributed by atoms with Crippen molar-refractivity contribution in [1.82, 2.24) is 5.32 Å². The Morgan fingerprint density at radius 1 is 1.07 bits per heavy atom. The standard InChI is InChI=1S/C23H35N3O3.CH4/c1-16(13-19-9-5-4-6-10-19)14-21(28)20(11-7-8-12-22(24)25)26-23(29)17(2)15-18(3)27;/h4-6,9-10,16-17,20H,7-8,11-15H2,1-3H3,(H3,24,25)(H,26,29);1H4/t16-,17+,20-;/m0./s1. The van der Waals surface area contributed by atoms with Crippen LogP contribution in [0.5, 0.6) is 0 Å². The first kappa shape index (κ1) is 27.5. The van der Waals surface area contributed by atoms with Gasteiger partial charge in [-0.05, 0) is 37.7 Å². The number of Topliss-reactive ketones (excluding diaryl/α,β-unsaturated/α-hetero) is 2. The summed E-state index contributed by atoms with van der Waals surface area (Å²) in [5.74, 6) is -0.463. The first-order chi connectivity index (χ1) is 13.7. The van der Waals surface area contributed by atoms with Gasteiger partial charge in [0.25, 0.3) is 0 Å². The fraction of sp³-hybridized carbons (Fsp3) is 0.583. The first-order valence-electron chi connectivity index (χ1n) is 10.4. The molecule has 0 aromatic heterocycles. The van der Waals surface area contributed by atoms with Crippen molar-refractivity contribution in [3.63, 3.8) is 0 Å². The van der Waals surface area contributed by atoms with Gasteiger partial charge in [0.05, 0.1) is 11.9 Å². The minimum absolute atomic E-state index is 0. The minimum Gasteiger partial charge on any atom is -0.388 e. The lowest BCUT2D eigenvalue weighted by Crippen LogP contribution is -2.44. The molecule has 1 rings (SSSR count). The molecular formula is C24H39N3O3. The number of ketones is 2. The van der Waals surface area contributed by atoms with Gasteiger partial charge in [0, 0.05) is 25.2 Å². The fourth-order valence-electron chi connectivity index (χ4n) is 3.39. The summed E-state index contributed by atoms with van der Waals surface area (Å²) in [4.78, 5) is 36.6. The Bertz CT molecular complexity index is 688. The number of rotatable bonds is 14. The number of hydrogen-bond acceptors (Lipinski definition) is 4. The van der Waals surface area contributed by atoms with E-state index in [2.05, 4.69) is 5.32 Å².